The van der Waals surface area contributed by atoms with Crippen LogP contribution in [0.3, 0.4) is 0 Å². The van der Waals surface area contributed by atoms with E-state index in [0.717, 1.165) is 14.7 Å². The molecule has 0 saturated heterocycles. The van der Waals surface area contributed by atoms with Crippen molar-refractivity contribution >= 4 is 17.6 Å². The maximum absolute atomic E-state index is 12.8. The topological polar surface area (TPSA) is 132 Å². The smallest absolute Gasteiger partial charge is 0.338 e. The Bertz CT molecular complexity index is 1330. The number of methoxy groups -OCH3 is 1. The van der Waals surface area contributed by atoms with Gasteiger partial charge in [0, 0.05) is 7.05 Å². The predicted octanol–water partition coefficient (Wildman–Crippen LogP) is 1.62. The second-order valence-corrected chi connectivity index (χ2v) is 7.28. The van der Waals surface area contributed by atoms with E-state index in [1.807, 2.05) is 13.0 Å². The number of Topliss-reactive ketones (excluding diaryl/α,β-unsaturated/α-hetero) is 1. The van der Waals surface area contributed by atoms with Crippen LogP contribution in [0.4, 0.5) is 5.82 Å². The Morgan fingerprint density at radius 3 is 2.38 bits per heavy atom. The third kappa shape index (κ3) is 5.01. The van der Waals surface area contributed by atoms with Crippen LogP contribution in [0.25, 0.3) is 0 Å². The monoisotopic (exact) mass is 467 g/mol. The summed E-state index contributed by atoms with van der Waals surface area (Å²) in [7, 11) is 2.68. The number of nitrogen functional groups attached to an aromatic ring is 1. The minimum absolute atomic E-state index is 0.0612. The van der Waals surface area contributed by atoms with Crippen molar-refractivity contribution in [3.8, 4) is 11.5 Å². The highest BCUT2D eigenvalue weighted by molar-refractivity contribution is 6.02. The standard InChI is InChI=1S/C24H25N3O7/c1-4-33-18-11-10-16(12-19(18)32-3)23(30)34-14-17(28)20-21(25)27(24(31)26(2)22(20)29)13-15-8-6-5-7-9-15/h5-12H,4,13-14,25H2,1-3H3. The fraction of sp³-hybridized carbons (Fsp3) is 0.250. The van der Waals surface area contributed by atoms with Crippen molar-refractivity contribution in [1.82, 2.24) is 9.13 Å². The van der Waals surface area contributed by atoms with Gasteiger partial charge in [-0.15, -0.1) is 0 Å². The summed E-state index contributed by atoms with van der Waals surface area (Å²) in [6, 6.07) is 13.4. The molecule has 1 aromatic heterocycles. The van der Waals surface area contributed by atoms with Gasteiger partial charge >= 0.3 is 11.7 Å². The molecule has 0 aliphatic rings. The lowest BCUT2D eigenvalue weighted by Gasteiger charge is -2.15. The fourth-order valence-electron chi connectivity index (χ4n) is 3.32. The van der Waals surface area contributed by atoms with Crippen molar-refractivity contribution in [3.05, 3.63) is 86.1 Å². The van der Waals surface area contributed by atoms with Gasteiger partial charge in [0.2, 0.25) is 5.78 Å². The van der Waals surface area contributed by atoms with E-state index in [9.17, 15) is 19.2 Å². The molecule has 0 radical (unpaired) electrons. The fourth-order valence-corrected chi connectivity index (χ4v) is 3.32. The van der Waals surface area contributed by atoms with E-state index in [1.165, 1.54) is 26.3 Å². The molecule has 34 heavy (non-hydrogen) atoms. The molecule has 0 spiro atoms. The van der Waals surface area contributed by atoms with Gasteiger partial charge in [-0.25, -0.2) is 9.59 Å². The number of carbonyl (C=O) groups excluding carboxylic acids is 2. The Morgan fingerprint density at radius 2 is 1.74 bits per heavy atom. The molecule has 0 amide bonds. The van der Waals surface area contributed by atoms with E-state index in [4.69, 9.17) is 19.9 Å². The van der Waals surface area contributed by atoms with Crippen LogP contribution in [0.15, 0.2) is 58.1 Å². The number of anilines is 1. The van der Waals surface area contributed by atoms with Crippen LogP contribution in [0.2, 0.25) is 0 Å². The van der Waals surface area contributed by atoms with Gasteiger partial charge < -0.3 is 19.9 Å². The molecular formula is C24H25N3O7. The summed E-state index contributed by atoms with van der Waals surface area (Å²) in [6.07, 6.45) is 0. The second kappa shape index (κ2) is 10.5. The third-order valence-corrected chi connectivity index (χ3v) is 5.08. The Morgan fingerprint density at radius 1 is 1.03 bits per heavy atom. The van der Waals surface area contributed by atoms with Gasteiger partial charge in [-0.3, -0.25) is 18.7 Å². The average molecular weight is 467 g/mol. The first-order valence-electron chi connectivity index (χ1n) is 10.4. The molecular weight excluding hydrogens is 442 g/mol. The molecule has 178 valence electrons. The molecule has 3 aromatic rings. The molecule has 0 bridgehead atoms. The third-order valence-electron chi connectivity index (χ3n) is 5.08. The van der Waals surface area contributed by atoms with E-state index in [2.05, 4.69) is 0 Å². The normalized spacial score (nSPS) is 10.6. The van der Waals surface area contributed by atoms with Crippen LogP contribution in [-0.2, 0) is 18.3 Å². The number of nitrogens with two attached hydrogens (primary N) is 1. The van der Waals surface area contributed by atoms with E-state index < -0.39 is 35.2 Å². The maximum Gasteiger partial charge on any atom is 0.338 e. The van der Waals surface area contributed by atoms with Crippen LogP contribution < -0.4 is 26.5 Å². The summed E-state index contributed by atoms with van der Waals surface area (Å²) >= 11 is 0. The molecule has 1 heterocycles. The lowest BCUT2D eigenvalue weighted by molar-refractivity contribution is 0.0474. The summed E-state index contributed by atoms with van der Waals surface area (Å²) in [4.78, 5) is 50.5. The van der Waals surface area contributed by atoms with Gasteiger partial charge in [-0.05, 0) is 30.7 Å². The number of hydrogen-bond donors (Lipinski definition) is 1. The molecule has 0 atom stereocenters. The number of nitrogens with zero attached hydrogens (tertiary/aromatic N) is 2. The quantitative estimate of drug-likeness (QED) is 0.371. The zero-order chi connectivity index (χ0) is 24.8. The molecule has 0 saturated carbocycles. The van der Waals surface area contributed by atoms with Gasteiger partial charge in [-0.2, -0.15) is 0 Å². The van der Waals surface area contributed by atoms with E-state index >= 15 is 0 Å². The first kappa shape index (κ1) is 24.3. The molecule has 0 aliphatic heterocycles. The summed E-state index contributed by atoms with van der Waals surface area (Å²) in [5.74, 6) is -1.14. The Kier molecular flexibility index (Phi) is 7.52. The molecule has 10 nitrogen and oxygen atoms in total. The number of carbonyl (C=O) groups is 2. The number of rotatable bonds is 9. The van der Waals surface area contributed by atoms with Crippen LogP contribution in [-0.4, -0.2) is 41.2 Å². The van der Waals surface area contributed by atoms with Crippen molar-refractivity contribution in [1.29, 1.82) is 0 Å². The average Bonchev–Trinajstić information content (AvgIpc) is 2.85. The van der Waals surface area contributed by atoms with Crippen LogP contribution in [0, 0.1) is 0 Å². The van der Waals surface area contributed by atoms with E-state index in [0.29, 0.717) is 18.1 Å². The summed E-state index contributed by atoms with van der Waals surface area (Å²) in [5.41, 5.74) is 4.99. The lowest BCUT2D eigenvalue weighted by atomic mass is 10.1. The van der Waals surface area contributed by atoms with Crippen molar-refractivity contribution < 1.29 is 23.8 Å². The number of benzene rings is 2. The zero-order valence-corrected chi connectivity index (χ0v) is 19.1. The molecule has 0 aliphatic carbocycles. The van der Waals surface area contributed by atoms with Crippen LogP contribution >= 0.6 is 0 Å². The molecule has 2 N–H and O–H groups in total. The predicted molar refractivity (Wildman–Crippen MR) is 125 cm³/mol. The van der Waals surface area contributed by atoms with Gasteiger partial charge in [0.1, 0.15) is 11.4 Å². The molecule has 3 rings (SSSR count). The highest BCUT2D eigenvalue weighted by Crippen LogP contribution is 2.28. The maximum atomic E-state index is 12.8. The van der Waals surface area contributed by atoms with Gasteiger partial charge in [0.15, 0.2) is 18.1 Å². The van der Waals surface area contributed by atoms with Gasteiger partial charge in [0.25, 0.3) is 5.56 Å². The first-order valence-corrected chi connectivity index (χ1v) is 10.4. The molecule has 0 unspecified atom stereocenters. The van der Waals surface area contributed by atoms with Crippen molar-refractivity contribution in [2.45, 2.75) is 13.5 Å². The van der Waals surface area contributed by atoms with Crippen molar-refractivity contribution in [2.75, 3.05) is 26.1 Å². The number of ether oxygens (including phenoxy) is 3. The number of ketones is 1. The van der Waals surface area contributed by atoms with E-state index in [1.54, 1.807) is 30.3 Å². The highest BCUT2D eigenvalue weighted by Gasteiger charge is 2.23. The zero-order valence-electron chi connectivity index (χ0n) is 19.1. The lowest BCUT2D eigenvalue weighted by Crippen LogP contribution is -2.43. The number of hydrogen-bond acceptors (Lipinski definition) is 8. The Balaban J connectivity index is 1.84. The van der Waals surface area contributed by atoms with Crippen molar-refractivity contribution in [2.24, 2.45) is 7.05 Å². The minimum Gasteiger partial charge on any atom is -0.493 e. The van der Waals surface area contributed by atoms with E-state index in [-0.39, 0.29) is 17.9 Å². The first-order chi connectivity index (χ1) is 16.3. The van der Waals surface area contributed by atoms with Gasteiger partial charge in [0.05, 0.1) is 25.8 Å². The number of aromatic nitrogens is 2. The van der Waals surface area contributed by atoms with Crippen molar-refractivity contribution in [3.63, 3.8) is 0 Å². The summed E-state index contributed by atoms with van der Waals surface area (Å²) < 4.78 is 17.6. The van der Waals surface area contributed by atoms with Crippen LogP contribution in [0.5, 0.6) is 11.5 Å². The highest BCUT2D eigenvalue weighted by atomic mass is 16.5. The largest absolute Gasteiger partial charge is 0.493 e. The Hall–Kier alpha value is -4.34. The Labute approximate surface area is 195 Å². The summed E-state index contributed by atoms with van der Waals surface area (Å²) in [5, 5.41) is 0. The SMILES string of the molecule is CCOc1ccc(C(=O)OCC(=O)c2c(N)n(Cc3ccccc3)c(=O)n(C)c2=O)cc1OC. The van der Waals surface area contributed by atoms with Gasteiger partial charge in [-0.1, -0.05) is 30.3 Å². The van der Waals surface area contributed by atoms with Crippen LogP contribution in [0.1, 0.15) is 33.2 Å². The second-order valence-electron chi connectivity index (χ2n) is 7.28. The summed E-state index contributed by atoms with van der Waals surface area (Å²) in [6.45, 7) is 1.55. The number of esters is 1. The molecule has 0 fully saturated rings. The molecule has 10 heteroatoms. The molecule has 2 aromatic carbocycles. The minimum atomic E-state index is -0.865.